The zero-order chi connectivity index (χ0) is 78.6. The molecule has 101 heavy (non-hydrogen) atoms. The molecule has 0 saturated heterocycles. The second kappa shape index (κ2) is 40.8. The molecule has 0 bridgehead atoms. The minimum absolute atomic E-state index is 0.00681. The van der Waals surface area contributed by atoms with E-state index in [1.807, 2.05) is 82.8 Å². The average molecular weight is 1510 g/mol. The molecule has 14 nitrogen and oxygen atoms in total. The third-order valence-electron chi connectivity index (χ3n) is 17.8. The first-order chi connectivity index (χ1) is 46.1. The number of nitrogens with one attached hydrogen (secondary N) is 2. The van der Waals surface area contributed by atoms with Crippen molar-refractivity contribution < 1.29 is 0 Å². The van der Waals surface area contributed by atoms with Crippen LogP contribution in [0.5, 0.6) is 0 Å². The highest BCUT2D eigenvalue weighted by Gasteiger charge is 2.27. The van der Waals surface area contributed by atoms with E-state index in [1.54, 1.807) is 0 Å². The Morgan fingerprint density at radius 2 is 0.564 bits per heavy atom. The van der Waals surface area contributed by atoms with Crippen LogP contribution in [0.2, 0.25) is 0 Å². The van der Waals surface area contributed by atoms with Gasteiger partial charge in [-0.1, -0.05) is 198 Å². The van der Waals surface area contributed by atoms with Gasteiger partial charge in [0.15, 0.2) is 0 Å². The number of hydrogen-bond donors (Lipinski definition) is 2. The van der Waals surface area contributed by atoms with E-state index < -0.39 is 0 Å². The van der Waals surface area contributed by atoms with Gasteiger partial charge < -0.3 is 40.0 Å². The van der Waals surface area contributed by atoms with Gasteiger partial charge in [-0.15, -0.1) is 0 Å². The Bertz CT molecular complexity index is 4020. The Morgan fingerprint density at radius 3 is 0.901 bits per heavy atom. The van der Waals surface area contributed by atoms with Crippen LogP contribution in [0.1, 0.15) is 246 Å². The van der Waals surface area contributed by atoms with Crippen LogP contribution in [0.25, 0.3) is 0 Å². The van der Waals surface area contributed by atoms with Crippen LogP contribution in [-0.2, 0) is 25.7 Å². The normalized spacial score (nSPS) is 12.0. The predicted octanol–water partition coefficient (Wildman–Crippen LogP) is 19.4. The van der Waals surface area contributed by atoms with Crippen molar-refractivity contribution in [2.45, 2.75) is 249 Å². The molecule has 0 radical (unpaired) electrons. The molecular formula is C81H134N8O6S6. The molecule has 0 aliphatic heterocycles. The van der Waals surface area contributed by atoms with Crippen LogP contribution >= 0.6 is 73.3 Å². The third kappa shape index (κ3) is 29.7. The Hall–Kier alpha value is -4.60. The van der Waals surface area contributed by atoms with E-state index in [0.29, 0.717) is 48.7 Å². The van der Waals surface area contributed by atoms with Gasteiger partial charge in [-0.25, -0.2) is 0 Å². The zero-order valence-corrected chi connectivity index (χ0v) is 73.3. The summed E-state index contributed by atoms with van der Waals surface area (Å²) in [5.74, 6) is 0. The minimum Gasteiger partial charge on any atom is -0.384 e. The second-order valence-corrected chi connectivity index (χ2v) is 37.3. The molecule has 6 rings (SSSR count). The monoisotopic (exact) mass is 1510 g/mol. The summed E-state index contributed by atoms with van der Waals surface area (Å²) in [5, 5.41) is 6.34. The Morgan fingerprint density at radius 1 is 0.287 bits per heavy atom. The molecule has 0 aromatic heterocycles. The van der Waals surface area contributed by atoms with Crippen molar-refractivity contribution in [3.05, 3.63) is 111 Å². The number of anilines is 8. The lowest BCUT2D eigenvalue weighted by Crippen LogP contribution is -2.33. The van der Waals surface area contributed by atoms with Crippen molar-refractivity contribution in [1.82, 2.24) is 0 Å². The summed E-state index contributed by atoms with van der Waals surface area (Å²) in [7, 11) is 13.6. The van der Waals surface area contributed by atoms with Crippen LogP contribution in [0.4, 0.5) is 45.5 Å². The van der Waals surface area contributed by atoms with Gasteiger partial charge in [0.05, 0.1) is 34.1 Å². The molecule has 2 N–H and O–H groups in total. The van der Waals surface area contributed by atoms with Gasteiger partial charge in [-0.05, 0) is 157 Å². The average Bonchev–Trinajstić information content (AvgIpc) is 0.794. The topological polar surface area (TPSA) is 146 Å². The quantitative estimate of drug-likeness (QED) is 0.0429. The molecule has 0 aliphatic carbocycles. The smallest absolute Gasteiger partial charge is 0.224 e. The standard InChI is InChI=1S/C15H25NOS.C14H23NOS.2C13H22N2OS.2C13H21NOS/c1-6-16(7-2)12-11(13(17)14(12)18)9-8-10-15(3,4)5;1-6-15(5)11-10(12(16)13(11)17)8-7-9-14(2,3)4;1-13(2,3)7-8-15(6)9-10(14(4)5)12(17)11(9)16;1-6-14-9-10(11(16)12(9)17)15(5)8-7-13(2,3)4;1-13(2,3)8-6-7-9-10(14(4)5)12(16)11(9)15;1-5-14-10-9(11(15)12(10)16)7-6-8-13(2,3)4/h6-10H2,1-5H3;6-9H2,1-5H3;7-8H2,1-6H3;14H,6-8H2,1-5H3;6-8H2,1-5H3;14H,5-8H2,1-4H3. The van der Waals surface area contributed by atoms with Crippen LogP contribution in [0, 0.1) is 59.6 Å². The highest BCUT2D eigenvalue weighted by Crippen LogP contribution is 2.34. The lowest BCUT2D eigenvalue weighted by molar-refractivity contribution is 0.365. The summed E-state index contributed by atoms with van der Waals surface area (Å²) in [4.78, 5) is 82.4. The second-order valence-electron chi connectivity index (χ2n) is 34.9. The lowest BCUT2D eigenvalue weighted by atomic mass is 9.88. The highest BCUT2D eigenvalue weighted by atomic mass is 32.1. The molecular weight excluding hydrogens is 1370 g/mol. The molecule has 6 aromatic rings. The van der Waals surface area contributed by atoms with E-state index in [0.717, 1.165) is 203 Å². The van der Waals surface area contributed by atoms with E-state index in [4.69, 9.17) is 73.3 Å². The molecule has 570 valence electrons. The zero-order valence-electron chi connectivity index (χ0n) is 68.4. The number of rotatable bonds is 29. The van der Waals surface area contributed by atoms with Gasteiger partial charge in [0, 0.05) is 117 Å². The first-order valence-corrected chi connectivity index (χ1v) is 39.2. The van der Waals surface area contributed by atoms with Crippen LogP contribution in [0.15, 0.2) is 28.8 Å². The molecule has 0 saturated carbocycles. The van der Waals surface area contributed by atoms with Crippen molar-refractivity contribution in [2.75, 3.05) is 135 Å². The third-order valence-corrected chi connectivity index (χ3v) is 20.1. The fourth-order valence-electron chi connectivity index (χ4n) is 11.6. The maximum absolute atomic E-state index is 11.8. The summed E-state index contributed by atoms with van der Waals surface area (Å²) in [6.07, 6.45) is 14.4. The fourth-order valence-corrected chi connectivity index (χ4v) is 13.7. The summed E-state index contributed by atoms with van der Waals surface area (Å²) in [5.41, 5.74) is 13.3. The Balaban J connectivity index is 0.000000606. The van der Waals surface area contributed by atoms with Crippen LogP contribution in [0.3, 0.4) is 0 Å². The Labute approximate surface area is 641 Å². The van der Waals surface area contributed by atoms with E-state index in [2.05, 4.69) is 166 Å². The van der Waals surface area contributed by atoms with Crippen molar-refractivity contribution in [1.29, 1.82) is 0 Å². The summed E-state index contributed by atoms with van der Waals surface area (Å²) < 4.78 is 2.99. The van der Waals surface area contributed by atoms with E-state index in [9.17, 15) is 28.8 Å². The summed E-state index contributed by atoms with van der Waals surface area (Å²) in [6.45, 7) is 56.4. The van der Waals surface area contributed by atoms with E-state index in [1.165, 1.54) is 0 Å². The van der Waals surface area contributed by atoms with Gasteiger partial charge in [-0.3, -0.25) is 28.8 Å². The minimum atomic E-state index is 0.00681. The van der Waals surface area contributed by atoms with Crippen molar-refractivity contribution in [2.24, 2.45) is 32.5 Å². The van der Waals surface area contributed by atoms with Crippen LogP contribution < -0.4 is 72.6 Å². The summed E-state index contributed by atoms with van der Waals surface area (Å²) >= 11 is 30.5. The van der Waals surface area contributed by atoms with Crippen molar-refractivity contribution in [3.8, 4) is 0 Å². The van der Waals surface area contributed by atoms with Gasteiger partial charge >= 0.3 is 0 Å². The first kappa shape index (κ1) is 94.4. The van der Waals surface area contributed by atoms with Gasteiger partial charge in [0.1, 0.15) is 38.4 Å². The number of hydrogen-bond acceptors (Lipinski definition) is 20. The molecule has 0 aliphatic rings. The fraction of sp³-hybridized carbons (Fsp3) is 0.704. The summed E-state index contributed by atoms with van der Waals surface area (Å²) in [6, 6.07) is 0. The highest BCUT2D eigenvalue weighted by molar-refractivity contribution is 7.72. The largest absolute Gasteiger partial charge is 0.384 e. The lowest BCUT2D eigenvalue weighted by Gasteiger charge is -2.29. The molecule has 0 unspecified atom stereocenters. The molecule has 0 heterocycles. The van der Waals surface area contributed by atoms with Gasteiger partial charge in [0.2, 0.25) is 32.6 Å². The maximum atomic E-state index is 11.8. The van der Waals surface area contributed by atoms with Gasteiger partial charge in [0.25, 0.3) is 0 Å². The van der Waals surface area contributed by atoms with Crippen molar-refractivity contribution >= 4 is 119 Å². The SMILES string of the molecule is CCN(C)c1c(CCCC(C)(C)C)c(=O)c1=S.CCN(CC)c1c(CCCC(C)(C)C)c(=O)c1=S.CCNc1c(CCCC(C)(C)C)c(=O)c1=S.CCNc1c(N(C)CCC(C)(C)C)c(=O)c1=S.CN(C)c1c(CCCC(C)(C)C)c(=O)c1=S.CN(C)c1c(N(C)CCC(C)(C)C)c(=O)c1=S. The number of nitrogens with zero attached hydrogens (tertiary/aromatic N) is 6. The molecule has 0 fully saturated rings. The van der Waals surface area contributed by atoms with Crippen molar-refractivity contribution in [3.63, 3.8) is 0 Å². The van der Waals surface area contributed by atoms with E-state index in [-0.39, 0.29) is 43.4 Å². The van der Waals surface area contributed by atoms with E-state index >= 15 is 0 Å². The molecule has 0 atom stereocenters. The van der Waals surface area contributed by atoms with Gasteiger partial charge in [-0.2, -0.15) is 0 Å². The molecule has 6 aromatic carbocycles. The molecule has 20 heteroatoms. The maximum Gasteiger partial charge on any atom is 0.224 e. The predicted molar refractivity (Wildman–Crippen MR) is 459 cm³/mol. The molecule has 0 amide bonds. The molecule has 0 spiro atoms. The first-order valence-electron chi connectivity index (χ1n) is 36.8. The van der Waals surface area contributed by atoms with Crippen LogP contribution in [-0.4, -0.2) is 95.1 Å². The Kier molecular flexibility index (Phi) is 38.1.